The summed E-state index contributed by atoms with van der Waals surface area (Å²) in [5, 5.41) is 9.60. The molecular formula is C20H19ClN2O. The Labute approximate surface area is 147 Å². The minimum Gasteiger partial charge on any atom is -0.337 e. The van der Waals surface area contributed by atoms with E-state index in [1.54, 1.807) is 24.3 Å². The number of benzene rings is 2. The van der Waals surface area contributed by atoms with Crippen LogP contribution in [0.1, 0.15) is 41.3 Å². The predicted molar refractivity (Wildman–Crippen MR) is 95.0 cm³/mol. The van der Waals surface area contributed by atoms with E-state index in [0.717, 1.165) is 5.02 Å². The van der Waals surface area contributed by atoms with Crippen LogP contribution in [0.5, 0.6) is 0 Å². The van der Waals surface area contributed by atoms with Crippen molar-refractivity contribution in [2.75, 3.05) is 13.1 Å². The van der Waals surface area contributed by atoms with Crippen LogP contribution < -0.4 is 0 Å². The topological polar surface area (TPSA) is 44.1 Å². The fraction of sp³-hybridized carbons (Fsp3) is 0.300. The van der Waals surface area contributed by atoms with Gasteiger partial charge in [0.15, 0.2) is 0 Å². The van der Waals surface area contributed by atoms with Gasteiger partial charge >= 0.3 is 0 Å². The number of likely N-dealkylation sites (tertiary alicyclic amines) is 1. The minimum atomic E-state index is -0.00388. The number of amides is 1. The number of nitrogens with zero attached hydrogens (tertiary/aromatic N) is 2. The highest BCUT2D eigenvalue weighted by atomic mass is 35.5. The van der Waals surface area contributed by atoms with Crippen molar-refractivity contribution in [2.24, 2.45) is 5.41 Å². The van der Waals surface area contributed by atoms with Crippen LogP contribution in [0.4, 0.5) is 0 Å². The van der Waals surface area contributed by atoms with Crippen molar-refractivity contribution in [3.8, 4) is 6.07 Å². The molecule has 4 heteroatoms. The highest BCUT2D eigenvalue weighted by Crippen LogP contribution is 2.42. The lowest BCUT2D eigenvalue weighted by atomic mass is 9.78. The lowest BCUT2D eigenvalue weighted by Crippen LogP contribution is -2.30. The van der Waals surface area contributed by atoms with Crippen molar-refractivity contribution in [1.82, 2.24) is 4.90 Å². The fourth-order valence-electron chi connectivity index (χ4n) is 3.41. The maximum atomic E-state index is 12.8. The standard InChI is InChI=1S/C20H19ClN2O/c1-20(2)13-23(12-18(20)15-7-9-17(21)10-8-15)19(24)16-5-3-14(11-22)4-6-16/h3-10,18H,12-13H2,1-2H3/t18-/m0/s1. The van der Waals surface area contributed by atoms with Crippen LogP contribution in [0.25, 0.3) is 0 Å². The third-order valence-electron chi connectivity index (χ3n) is 4.77. The van der Waals surface area contributed by atoms with E-state index in [4.69, 9.17) is 16.9 Å². The van der Waals surface area contributed by atoms with E-state index >= 15 is 0 Å². The molecule has 1 fully saturated rings. The highest BCUT2D eigenvalue weighted by molar-refractivity contribution is 6.30. The maximum absolute atomic E-state index is 12.8. The van der Waals surface area contributed by atoms with Crippen LogP contribution in [0.15, 0.2) is 48.5 Å². The largest absolute Gasteiger partial charge is 0.337 e. The maximum Gasteiger partial charge on any atom is 0.253 e. The molecule has 1 aliphatic rings. The van der Waals surface area contributed by atoms with E-state index in [0.29, 0.717) is 24.2 Å². The van der Waals surface area contributed by atoms with Gasteiger partial charge in [-0.05, 0) is 47.4 Å². The van der Waals surface area contributed by atoms with E-state index in [1.807, 2.05) is 29.2 Å². The Bertz CT molecular complexity index is 788. The molecule has 122 valence electrons. The SMILES string of the molecule is CC1(C)CN(C(=O)c2ccc(C#N)cc2)C[C@H]1c1ccc(Cl)cc1. The number of carbonyl (C=O) groups excluding carboxylic acids is 1. The van der Waals surface area contributed by atoms with Gasteiger partial charge in [-0.25, -0.2) is 0 Å². The van der Waals surface area contributed by atoms with Gasteiger partial charge < -0.3 is 4.90 Å². The predicted octanol–water partition coefficient (Wildman–Crippen LogP) is 4.48. The number of rotatable bonds is 2. The molecule has 0 spiro atoms. The molecular weight excluding hydrogens is 320 g/mol. The summed E-state index contributed by atoms with van der Waals surface area (Å²) in [7, 11) is 0. The van der Waals surface area contributed by atoms with Crippen molar-refractivity contribution in [3.63, 3.8) is 0 Å². The average Bonchev–Trinajstić information content (AvgIpc) is 2.90. The van der Waals surface area contributed by atoms with Gasteiger partial charge in [-0.1, -0.05) is 37.6 Å². The van der Waals surface area contributed by atoms with Crippen LogP contribution in [0.2, 0.25) is 5.02 Å². The van der Waals surface area contributed by atoms with Gasteiger partial charge in [0.1, 0.15) is 0 Å². The number of halogens is 1. The molecule has 3 rings (SSSR count). The van der Waals surface area contributed by atoms with Gasteiger partial charge in [-0.3, -0.25) is 4.79 Å². The lowest BCUT2D eigenvalue weighted by Gasteiger charge is -2.25. The number of hydrogen-bond acceptors (Lipinski definition) is 2. The first-order valence-corrected chi connectivity index (χ1v) is 8.33. The Kier molecular flexibility index (Phi) is 4.34. The normalized spacial score (nSPS) is 19.1. The first-order valence-electron chi connectivity index (χ1n) is 7.95. The fourth-order valence-corrected chi connectivity index (χ4v) is 3.54. The Morgan fingerprint density at radius 1 is 1.17 bits per heavy atom. The van der Waals surface area contributed by atoms with Crippen molar-refractivity contribution >= 4 is 17.5 Å². The summed E-state index contributed by atoms with van der Waals surface area (Å²) in [6, 6.07) is 16.8. The van der Waals surface area contributed by atoms with Crippen molar-refractivity contribution < 1.29 is 4.79 Å². The van der Waals surface area contributed by atoms with E-state index in [9.17, 15) is 4.79 Å². The average molecular weight is 339 g/mol. The highest BCUT2D eigenvalue weighted by Gasteiger charge is 2.42. The van der Waals surface area contributed by atoms with Crippen LogP contribution in [0, 0.1) is 16.7 Å². The summed E-state index contributed by atoms with van der Waals surface area (Å²) in [6.45, 7) is 5.78. The molecule has 1 atom stereocenters. The molecule has 0 radical (unpaired) electrons. The van der Waals surface area contributed by atoms with Gasteiger partial charge in [0.2, 0.25) is 0 Å². The second kappa shape index (κ2) is 6.30. The number of hydrogen-bond donors (Lipinski definition) is 0. The summed E-state index contributed by atoms with van der Waals surface area (Å²) in [6.07, 6.45) is 0. The number of nitriles is 1. The Morgan fingerprint density at radius 3 is 2.38 bits per heavy atom. The molecule has 0 saturated carbocycles. The van der Waals surface area contributed by atoms with Crippen LogP contribution in [-0.2, 0) is 0 Å². The van der Waals surface area contributed by atoms with Crippen LogP contribution in [0.3, 0.4) is 0 Å². The molecule has 0 aromatic heterocycles. The zero-order chi connectivity index (χ0) is 17.3. The summed E-state index contributed by atoms with van der Waals surface area (Å²) in [5.41, 5.74) is 2.39. The lowest BCUT2D eigenvalue weighted by molar-refractivity contribution is 0.0778. The molecule has 1 amide bonds. The second-order valence-electron chi connectivity index (χ2n) is 6.97. The molecule has 0 N–H and O–H groups in total. The molecule has 1 saturated heterocycles. The number of carbonyl (C=O) groups is 1. The molecule has 2 aromatic rings. The molecule has 2 aromatic carbocycles. The minimum absolute atomic E-state index is 0.00388. The van der Waals surface area contributed by atoms with E-state index in [2.05, 4.69) is 19.9 Å². The van der Waals surface area contributed by atoms with Gasteiger partial charge in [-0.15, -0.1) is 0 Å². The van der Waals surface area contributed by atoms with Crippen molar-refractivity contribution in [2.45, 2.75) is 19.8 Å². The van der Waals surface area contributed by atoms with Gasteiger partial charge in [0.05, 0.1) is 11.6 Å². The Balaban J connectivity index is 1.82. The van der Waals surface area contributed by atoms with Gasteiger partial charge in [-0.2, -0.15) is 5.26 Å². The quantitative estimate of drug-likeness (QED) is 0.810. The van der Waals surface area contributed by atoms with Gasteiger partial charge in [0.25, 0.3) is 5.91 Å². The summed E-state index contributed by atoms with van der Waals surface area (Å²) in [5.74, 6) is 0.293. The summed E-state index contributed by atoms with van der Waals surface area (Å²) >= 11 is 5.99. The molecule has 24 heavy (non-hydrogen) atoms. The first kappa shape index (κ1) is 16.5. The molecule has 0 bridgehead atoms. The summed E-state index contributed by atoms with van der Waals surface area (Å²) < 4.78 is 0. The molecule has 0 unspecified atom stereocenters. The molecule has 1 aliphatic heterocycles. The zero-order valence-corrected chi connectivity index (χ0v) is 14.5. The third-order valence-corrected chi connectivity index (χ3v) is 5.02. The molecule has 3 nitrogen and oxygen atoms in total. The van der Waals surface area contributed by atoms with Crippen LogP contribution in [-0.4, -0.2) is 23.9 Å². The monoisotopic (exact) mass is 338 g/mol. The first-order chi connectivity index (χ1) is 11.4. The molecule has 0 aliphatic carbocycles. The Morgan fingerprint density at radius 2 is 1.79 bits per heavy atom. The molecule has 1 heterocycles. The van der Waals surface area contributed by atoms with Crippen molar-refractivity contribution in [3.05, 3.63) is 70.2 Å². The van der Waals surface area contributed by atoms with E-state index in [1.165, 1.54) is 5.56 Å². The zero-order valence-electron chi connectivity index (χ0n) is 13.8. The van der Waals surface area contributed by atoms with Gasteiger partial charge in [0, 0.05) is 29.6 Å². The van der Waals surface area contributed by atoms with Crippen molar-refractivity contribution in [1.29, 1.82) is 5.26 Å². The second-order valence-corrected chi connectivity index (χ2v) is 7.40. The summed E-state index contributed by atoms with van der Waals surface area (Å²) in [4.78, 5) is 14.7. The van der Waals surface area contributed by atoms with E-state index < -0.39 is 0 Å². The Hall–Kier alpha value is -2.31. The smallest absolute Gasteiger partial charge is 0.253 e. The van der Waals surface area contributed by atoms with E-state index in [-0.39, 0.29) is 17.2 Å². The third kappa shape index (κ3) is 3.16. The van der Waals surface area contributed by atoms with Crippen LogP contribution >= 0.6 is 11.6 Å².